The quantitative estimate of drug-likeness (QED) is 0.152. The van der Waals surface area contributed by atoms with E-state index in [1.54, 1.807) is 0 Å². The zero-order valence-corrected chi connectivity index (χ0v) is 30.5. The van der Waals surface area contributed by atoms with E-state index >= 15 is 0 Å². The molecule has 5 heteroatoms. The van der Waals surface area contributed by atoms with E-state index in [0.717, 1.165) is 30.4 Å². The van der Waals surface area contributed by atoms with Crippen molar-refractivity contribution in [2.24, 2.45) is 46.3 Å². The molecule has 0 spiro atoms. The van der Waals surface area contributed by atoms with E-state index in [4.69, 9.17) is 14.2 Å². The minimum atomic E-state index is -0.695. The van der Waals surface area contributed by atoms with Crippen molar-refractivity contribution in [3.05, 3.63) is 101 Å². The molecule has 0 heterocycles. The van der Waals surface area contributed by atoms with Crippen molar-refractivity contribution in [2.75, 3.05) is 0 Å². The summed E-state index contributed by atoms with van der Waals surface area (Å²) >= 11 is 0. The lowest BCUT2D eigenvalue weighted by atomic mass is 9.40. The van der Waals surface area contributed by atoms with Gasteiger partial charge in [-0.2, -0.15) is 0 Å². The molecule has 0 aliphatic heterocycles. The molecule has 5 rings (SSSR count). The first kappa shape index (κ1) is 35.7. The third kappa shape index (κ3) is 6.54. The van der Waals surface area contributed by atoms with Gasteiger partial charge >= 0.3 is 12.1 Å². The van der Waals surface area contributed by atoms with Crippen LogP contribution in [0.15, 0.2) is 72.8 Å². The van der Waals surface area contributed by atoms with Crippen molar-refractivity contribution in [2.45, 2.75) is 101 Å². The first-order valence-corrected chi connectivity index (χ1v) is 18.1. The number of ether oxygens (including phenoxy) is 3. The van der Waals surface area contributed by atoms with Gasteiger partial charge < -0.3 is 14.2 Å². The Balaban J connectivity index is 1.60. The van der Waals surface area contributed by atoms with Crippen LogP contribution in [0.5, 0.6) is 5.75 Å². The van der Waals surface area contributed by atoms with Crippen LogP contribution in [0.2, 0.25) is 0 Å². The van der Waals surface area contributed by atoms with Gasteiger partial charge in [0.25, 0.3) is 0 Å². The molecule has 3 aromatic rings. The molecule has 0 radical (unpaired) electrons. The first-order chi connectivity index (χ1) is 22.8. The van der Waals surface area contributed by atoms with Crippen LogP contribution in [-0.2, 0) is 40.3 Å². The summed E-state index contributed by atoms with van der Waals surface area (Å²) in [5.74, 6) is 1.72. The van der Waals surface area contributed by atoms with Gasteiger partial charge in [0.15, 0.2) is 0 Å². The third-order valence-electron chi connectivity index (χ3n) is 12.4. The summed E-state index contributed by atoms with van der Waals surface area (Å²) in [5.41, 5.74) is 5.55. The van der Waals surface area contributed by atoms with Crippen molar-refractivity contribution < 1.29 is 23.8 Å². The molecule has 5 nitrogen and oxygen atoms in total. The van der Waals surface area contributed by atoms with Crippen LogP contribution in [0.4, 0.5) is 4.79 Å². The smallest absolute Gasteiger partial charge is 0.461 e. The number of hydrogen-bond donors (Lipinski definition) is 0. The monoisotopic (exact) mass is 652 g/mol. The molecule has 0 N–H and O–H groups in total. The Kier molecular flexibility index (Phi) is 10.8. The molecule has 0 saturated carbocycles. The van der Waals surface area contributed by atoms with Gasteiger partial charge in [-0.1, -0.05) is 123 Å². The maximum Gasteiger partial charge on any atom is 0.514 e. The number of hydrogen-bond acceptors (Lipinski definition) is 5. The SMILES string of the molecule is CC(C(=O)OCc1ccccc1)C1C2c3c(cc(OC(=O)OCc4ccccc4)cc3CC1(C(C)C)C(C)C)CCC2(C(C)C)C(C)C. The highest BCUT2D eigenvalue weighted by atomic mass is 16.7. The fraction of sp³-hybridized carbons (Fsp3) is 0.535. The Labute approximate surface area is 288 Å². The van der Waals surface area contributed by atoms with Crippen molar-refractivity contribution in [3.63, 3.8) is 0 Å². The molecular weight excluding hydrogens is 596 g/mol. The molecule has 0 saturated heterocycles. The first-order valence-electron chi connectivity index (χ1n) is 18.1. The van der Waals surface area contributed by atoms with Gasteiger partial charge in [-0.15, -0.1) is 0 Å². The maximum absolute atomic E-state index is 14.2. The lowest BCUT2D eigenvalue weighted by Crippen LogP contribution is -2.58. The summed E-state index contributed by atoms with van der Waals surface area (Å²) in [4.78, 5) is 27.2. The Morgan fingerprint density at radius 3 is 1.71 bits per heavy atom. The topological polar surface area (TPSA) is 61.8 Å². The molecular formula is C43H56O5. The zero-order valence-electron chi connectivity index (χ0n) is 30.5. The number of carbonyl (C=O) groups excluding carboxylic acids is 2. The molecule has 2 aliphatic rings. The van der Waals surface area contributed by atoms with Gasteiger partial charge in [0.05, 0.1) is 5.92 Å². The number of rotatable bonds is 11. The molecule has 3 unspecified atom stereocenters. The van der Waals surface area contributed by atoms with Crippen LogP contribution in [0.25, 0.3) is 0 Å². The van der Waals surface area contributed by atoms with Gasteiger partial charge in [-0.3, -0.25) is 4.79 Å². The second kappa shape index (κ2) is 14.5. The summed E-state index contributed by atoms with van der Waals surface area (Å²) < 4.78 is 17.5. The van der Waals surface area contributed by atoms with E-state index < -0.39 is 6.16 Å². The van der Waals surface area contributed by atoms with E-state index in [-0.39, 0.29) is 47.8 Å². The van der Waals surface area contributed by atoms with E-state index in [2.05, 4.69) is 74.4 Å². The van der Waals surface area contributed by atoms with Gasteiger partial charge in [0.2, 0.25) is 0 Å². The Morgan fingerprint density at radius 1 is 0.688 bits per heavy atom. The minimum Gasteiger partial charge on any atom is -0.461 e. The fourth-order valence-corrected chi connectivity index (χ4v) is 10.0. The van der Waals surface area contributed by atoms with Crippen LogP contribution in [0.3, 0.4) is 0 Å². The van der Waals surface area contributed by atoms with E-state index in [1.165, 1.54) is 16.7 Å². The van der Waals surface area contributed by atoms with Crippen LogP contribution < -0.4 is 4.74 Å². The van der Waals surface area contributed by atoms with E-state index in [1.807, 2.05) is 60.7 Å². The van der Waals surface area contributed by atoms with Crippen molar-refractivity contribution in [1.29, 1.82) is 0 Å². The van der Waals surface area contributed by atoms with Crippen LogP contribution in [0.1, 0.15) is 102 Å². The normalized spacial score (nSPS) is 20.0. The molecule has 48 heavy (non-hydrogen) atoms. The van der Waals surface area contributed by atoms with E-state index in [0.29, 0.717) is 29.4 Å². The van der Waals surface area contributed by atoms with Crippen LogP contribution in [-0.4, -0.2) is 12.1 Å². The zero-order chi connectivity index (χ0) is 34.8. The van der Waals surface area contributed by atoms with Crippen molar-refractivity contribution in [1.82, 2.24) is 0 Å². The summed E-state index contributed by atoms with van der Waals surface area (Å²) in [6.07, 6.45) is 2.03. The molecule has 0 bridgehead atoms. The Bertz CT molecular complexity index is 1540. The minimum absolute atomic E-state index is 0.0210. The fourth-order valence-electron chi connectivity index (χ4n) is 10.0. The summed E-state index contributed by atoms with van der Waals surface area (Å²) in [6.45, 7) is 21.4. The van der Waals surface area contributed by atoms with Gasteiger partial charge in [0.1, 0.15) is 19.0 Å². The van der Waals surface area contributed by atoms with Crippen molar-refractivity contribution >= 4 is 12.1 Å². The molecule has 0 fully saturated rings. The lowest BCUT2D eigenvalue weighted by molar-refractivity contribution is -0.161. The lowest BCUT2D eigenvalue weighted by Gasteiger charge is -2.64. The van der Waals surface area contributed by atoms with Gasteiger partial charge in [-0.05, 0) is 106 Å². The highest BCUT2D eigenvalue weighted by molar-refractivity contribution is 5.73. The van der Waals surface area contributed by atoms with Gasteiger partial charge in [0, 0.05) is 0 Å². The van der Waals surface area contributed by atoms with E-state index in [9.17, 15) is 9.59 Å². The molecule has 0 amide bonds. The summed E-state index contributed by atoms with van der Waals surface area (Å²) in [6, 6.07) is 23.8. The molecule has 3 aromatic carbocycles. The standard InChI is InChI=1S/C43H56O5/c1-27(2)42(28(3)4)21-20-34-22-36(48-41(45)47-26-33-18-14-11-15-19-33)23-35-24-43(29(5)6,30(7)8)38(39(42)37(34)35)31(9)40(44)46-25-32-16-12-10-13-17-32/h10-19,22-23,27-31,38-39H,20-21,24-26H2,1-9H3. The third-order valence-corrected chi connectivity index (χ3v) is 12.4. The molecule has 0 aromatic heterocycles. The number of benzene rings is 3. The number of aryl methyl sites for hydroxylation is 1. The number of esters is 1. The van der Waals surface area contributed by atoms with Crippen LogP contribution in [0, 0.1) is 46.3 Å². The number of carbonyl (C=O) groups is 2. The highest BCUT2D eigenvalue weighted by Gasteiger charge is 2.62. The van der Waals surface area contributed by atoms with Crippen LogP contribution >= 0.6 is 0 Å². The summed E-state index contributed by atoms with van der Waals surface area (Å²) in [7, 11) is 0. The summed E-state index contributed by atoms with van der Waals surface area (Å²) in [5, 5.41) is 0. The van der Waals surface area contributed by atoms with Crippen molar-refractivity contribution in [3.8, 4) is 5.75 Å². The second-order valence-electron chi connectivity index (χ2n) is 15.7. The molecule has 258 valence electrons. The highest BCUT2D eigenvalue weighted by Crippen LogP contribution is 2.68. The average Bonchev–Trinajstić information content (AvgIpc) is 3.06. The second-order valence-corrected chi connectivity index (χ2v) is 15.7. The maximum atomic E-state index is 14.2. The predicted octanol–water partition coefficient (Wildman–Crippen LogP) is 10.6. The predicted molar refractivity (Wildman–Crippen MR) is 192 cm³/mol. The Morgan fingerprint density at radius 2 is 1.19 bits per heavy atom. The van der Waals surface area contributed by atoms with Gasteiger partial charge in [-0.25, -0.2) is 4.79 Å². The largest absolute Gasteiger partial charge is 0.514 e. The molecule has 3 atom stereocenters. The average molecular weight is 653 g/mol. The molecule has 2 aliphatic carbocycles. The Hall–Kier alpha value is -3.60.